The minimum absolute atomic E-state index is 0.380. The summed E-state index contributed by atoms with van der Waals surface area (Å²) in [5.74, 6) is -0.498. The van der Waals surface area contributed by atoms with Gasteiger partial charge in [-0.15, -0.1) is 11.3 Å². The lowest BCUT2D eigenvalue weighted by Crippen LogP contribution is -2.44. The van der Waals surface area contributed by atoms with Crippen LogP contribution in [-0.4, -0.2) is 18.5 Å². The van der Waals surface area contributed by atoms with Crippen molar-refractivity contribution in [2.45, 2.75) is 12.6 Å². The third kappa shape index (κ3) is 3.63. The van der Waals surface area contributed by atoms with Gasteiger partial charge in [0, 0.05) is 18.0 Å². The van der Waals surface area contributed by atoms with E-state index in [1.807, 2.05) is 12.1 Å². The Bertz CT molecular complexity index is 315. The van der Waals surface area contributed by atoms with Crippen LogP contribution in [0.1, 0.15) is 4.88 Å². The molecule has 0 aliphatic heterocycles. The highest BCUT2D eigenvalue weighted by molar-refractivity contribution is 7.16. The lowest BCUT2D eigenvalue weighted by atomic mass is 10.3. The Labute approximate surface area is 91.2 Å². The van der Waals surface area contributed by atoms with Crippen molar-refractivity contribution in [1.82, 2.24) is 5.32 Å². The second-order valence-corrected chi connectivity index (χ2v) is 4.65. The molecular formula is C8H12ClN3OS. The van der Waals surface area contributed by atoms with Crippen LogP contribution in [-0.2, 0) is 11.3 Å². The van der Waals surface area contributed by atoms with Crippen LogP contribution in [0.25, 0.3) is 0 Å². The molecule has 1 heterocycles. The molecule has 78 valence electrons. The molecule has 1 unspecified atom stereocenters. The van der Waals surface area contributed by atoms with E-state index < -0.39 is 11.9 Å². The summed E-state index contributed by atoms with van der Waals surface area (Å²) in [4.78, 5) is 11.7. The molecule has 0 saturated heterocycles. The van der Waals surface area contributed by atoms with E-state index >= 15 is 0 Å². The van der Waals surface area contributed by atoms with E-state index in [1.165, 1.54) is 11.3 Å². The predicted molar refractivity (Wildman–Crippen MR) is 58.2 cm³/mol. The molecule has 14 heavy (non-hydrogen) atoms. The molecule has 0 fully saturated rings. The number of rotatable bonds is 5. The molecule has 1 amide bonds. The molecule has 0 radical (unpaired) electrons. The number of nitrogens with one attached hydrogen (secondary N) is 1. The summed E-state index contributed by atoms with van der Waals surface area (Å²) in [6.45, 7) is 1.03. The van der Waals surface area contributed by atoms with E-state index in [0.29, 0.717) is 13.1 Å². The zero-order valence-electron chi connectivity index (χ0n) is 7.50. The molecule has 6 heteroatoms. The van der Waals surface area contributed by atoms with Crippen LogP contribution in [0.4, 0.5) is 0 Å². The average molecular weight is 234 g/mol. The Hall–Kier alpha value is -0.620. The van der Waals surface area contributed by atoms with E-state index in [4.69, 9.17) is 23.1 Å². The van der Waals surface area contributed by atoms with Gasteiger partial charge in [0.05, 0.1) is 10.4 Å². The van der Waals surface area contributed by atoms with Gasteiger partial charge in [-0.2, -0.15) is 0 Å². The highest BCUT2D eigenvalue weighted by Gasteiger charge is 2.07. The number of thiophene rings is 1. The maximum Gasteiger partial charge on any atom is 0.235 e. The highest BCUT2D eigenvalue weighted by Crippen LogP contribution is 2.20. The molecule has 1 aromatic heterocycles. The molecule has 1 aromatic rings. The van der Waals surface area contributed by atoms with E-state index in [0.717, 1.165) is 9.21 Å². The fourth-order valence-electron chi connectivity index (χ4n) is 0.898. The fraction of sp³-hybridized carbons (Fsp3) is 0.375. The molecule has 0 spiro atoms. The maximum absolute atomic E-state index is 10.6. The van der Waals surface area contributed by atoms with Gasteiger partial charge in [0.1, 0.15) is 0 Å². The molecule has 0 bridgehead atoms. The SMILES string of the molecule is NC(=O)C(N)CNCc1ccc(Cl)s1. The van der Waals surface area contributed by atoms with Crippen molar-refractivity contribution in [1.29, 1.82) is 0 Å². The van der Waals surface area contributed by atoms with Gasteiger partial charge in [-0.25, -0.2) is 0 Å². The zero-order chi connectivity index (χ0) is 10.6. The Morgan fingerprint density at radius 2 is 2.36 bits per heavy atom. The minimum Gasteiger partial charge on any atom is -0.368 e. The topological polar surface area (TPSA) is 81.1 Å². The van der Waals surface area contributed by atoms with Crippen LogP contribution in [0.15, 0.2) is 12.1 Å². The van der Waals surface area contributed by atoms with Crippen LogP contribution in [0.5, 0.6) is 0 Å². The van der Waals surface area contributed by atoms with Gasteiger partial charge in [-0.3, -0.25) is 4.79 Å². The van der Waals surface area contributed by atoms with Gasteiger partial charge >= 0.3 is 0 Å². The molecular weight excluding hydrogens is 222 g/mol. The summed E-state index contributed by atoms with van der Waals surface area (Å²) in [7, 11) is 0. The molecule has 0 saturated carbocycles. The molecule has 1 atom stereocenters. The van der Waals surface area contributed by atoms with Crippen molar-refractivity contribution in [2.24, 2.45) is 11.5 Å². The van der Waals surface area contributed by atoms with Crippen molar-refractivity contribution in [3.05, 3.63) is 21.3 Å². The Morgan fingerprint density at radius 1 is 1.64 bits per heavy atom. The van der Waals surface area contributed by atoms with Crippen molar-refractivity contribution in [3.63, 3.8) is 0 Å². The van der Waals surface area contributed by atoms with Gasteiger partial charge in [0.15, 0.2) is 0 Å². The van der Waals surface area contributed by atoms with E-state index in [-0.39, 0.29) is 0 Å². The summed E-state index contributed by atoms with van der Waals surface area (Å²) < 4.78 is 0.751. The van der Waals surface area contributed by atoms with Crippen LogP contribution < -0.4 is 16.8 Å². The maximum atomic E-state index is 10.6. The number of amides is 1. The standard InChI is InChI=1S/C8H12ClN3OS/c9-7-2-1-5(14-7)3-12-4-6(10)8(11)13/h1-2,6,12H,3-4,10H2,(H2,11,13). The van der Waals surface area contributed by atoms with Crippen LogP contribution in [0, 0.1) is 0 Å². The summed E-state index contributed by atoms with van der Waals surface area (Å²) in [6.07, 6.45) is 0. The third-order valence-electron chi connectivity index (χ3n) is 1.66. The quantitative estimate of drug-likeness (QED) is 0.685. The molecule has 1 rings (SSSR count). The van der Waals surface area contributed by atoms with Gasteiger partial charge in [-0.1, -0.05) is 11.6 Å². The number of hydrogen-bond acceptors (Lipinski definition) is 4. The second-order valence-electron chi connectivity index (χ2n) is 2.85. The summed E-state index contributed by atoms with van der Waals surface area (Å²) in [6, 6.07) is 3.12. The smallest absolute Gasteiger partial charge is 0.235 e. The first-order chi connectivity index (χ1) is 6.59. The number of hydrogen-bond donors (Lipinski definition) is 3. The number of halogens is 1. The Kier molecular flexibility index (Phi) is 4.34. The fourth-order valence-corrected chi connectivity index (χ4v) is 1.96. The van der Waals surface area contributed by atoms with Gasteiger partial charge < -0.3 is 16.8 Å². The summed E-state index contributed by atoms with van der Waals surface area (Å²) in [5.41, 5.74) is 10.4. The lowest BCUT2D eigenvalue weighted by molar-refractivity contribution is -0.119. The van der Waals surface area contributed by atoms with E-state index in [2.05, 4.69) is 5.32 Å². The molecule has 4 nitrogen and oxygen atoms in total. The third-order valence-corrected chi connectivity index (χ3v) is 2.89. The second kappa shape index (κ2) is 5.31. The van der Waals surface area contributed by atoms with Crippen molar-refractivity contribution in [3.8, 4) is 0 Å². The molecule has 5 N–H and O–H groups in total. The molecule has 0 aliphatic rings. The Balaban J connectivity index is 2.25. The van der Waals surface area contributed by atoms with Crippen molar-refractivity contribution >= 4 is 28.8 Å². The summed E-state index contributed by atoms with van der Waals surface area (Å²) in [5, 5.41) is 3.02. The zero-order valence-corrected chi connectivity index (χ0v) is 9.07. The van der Waals surface area contributed by atoms with Crippen molar-refractivity contribution < 1.29 is 4.79 Å². The first-order valence-electron chi connectivity index (χ1n) is 4.09. The average Bonchev–Trinajstić information content (AvgIpc) is 2.51. The van der Waals surface area contributed by atoms with Crippen molar-refractivity contribution in [2.75, 3.05) is 6.54 Å². The minimum atomic E-state index is -0.634. The van der Waals surface area contributed by atoms with E-state index in [9.17, 15) is 4.79 Å². The summed E-state index contributed by atoms with van der Waals surface area (Å²) >= 11 is 7.24. The monoisotopic (exact) mass is 233 g/mol. The first-order valence-corrected chi connectivity index (χ1v) is 5.29. The molecule has 0 aromatic carbocycles. The van der Waals surface area contributed by atoms with Gasteiger partial charge in [0.25, 0.3) is 0 Å². The first kappa shape index (κ1) is 11.5. The van der Waals surface area contributed by atoms with Gasteiger partial charge in [0.2, 0.25) is 5.91 Å². The van der Waals surface area contributed by atoms with Crippen LogP contribution >= 0.6 is 22.9 Å². The predicted octanol–water partition coefficient (Wildman–Crippen LogP) is 0.304. The number of primary amides is 1. The number of carbonyl (C=O) groups excluding carboxylic acids is 1. The highest BCUT2D eigenvalue weighted by atomic mass is 35.5. The van der Waals surface area contributed by atoms with E-state index in [1.54, 1.807) is 0 Å². The molecule has 0 aliphatic carbocycles. The van der Waals surface area contributed by atoms with Crippen LogP contribution in [0.3, 0.4) is 0 Å². The lowest BCUT2D eigenvalue weighted by Gasteiger charge is -2.07. The largest absolute Gasteiger partial charge is 0.368 e. The number of nitrogens with two attached hydrogens (primary N) is 2. The number of carbonyl (C=O) groups is 1. The Morgan fingerprint density at radius 3 is 2.86 bits per heavy atom. The normalized spacial score (nSPS) is 12.7. The van der Waals surface area contributed by atoms with Crippen LogP contribution in [0.2, 0.25) is 4.34 Å². The van der Waals surface area contributed by atoms with Gasteiger partial charge in [-0.05, 0) is 12.1 Å².